The molecule has 1 saturated carbocycles. The molecule has 0 amide bonds. The number of hydrogen-bond acceptors (Lipinski definition) is 4. The maximum Gasteiger partial charge on any atom is 0.192 e. The summed E-state index contributed by atoms with van der Waals surface area (Å²) in [6.45, 7) is 6.60. The van der Waals surface area contributed by atoms with Crippen LogP contribution >= 0.6 is 11.8 Å². The zero-order valence-corrected chi connectivity index (χ0v) is 14.3. The summed E-state index contributed by atoms with van der Waals surface area (Å²) >= 11 is 1.65. The minimum Gasteiger partial charge on any atom is -0.392 e. The molecule has 1 N–H and O–H groups in total. The molecule has 1 aliphatic rings. The van der Waals surface area contributed by atoms with E-state index in [0.717, 1.165) is 35.8 Å². The zero-order valence-electron chi connectivity index (χ0n) is 13.5. The van der Waals surface area contributed by atoms with Crippen molar-refractivity contribution in [2.24, 2.45) is 0 Å². The van der Waals surface area contributed by atoms with E-state index in [1.165, 1.54) is 12.0 Å². The van der Waals surface area contributed by atoms with Crippen LogP contribution in [-0.4, -0.2) is 31.2 Å². The average molecular weight is 329 g/mol. The van der Waals surface area contributed by atoms with Gasteiger partial charge in [-0.2, -0.15) is 0 Å². The predicted octanol–water partition coefficient (Wildman–Crippen LogP) is 3.84. The van der Waals surface area contributed by atoms with E-state index in [9.17, 15) is 5.11 Å². The Hall–Kier alpha value is -1.59. The molecule has 1 aliphatic carbocycles. The number of nitrogens with zero attached hydrogens (tertiary/aromatic N) is 3. The first-order chi connectivity index (χ1) is 11.2. The molecule has 0 radical (unpaired) electrons. The van der Waals surface area contributed by atoms with Gasteiger partial charge in [0.15, 0.2) is 11.0 Å². The van der Waals surface area contributed by atoms with Gasteiger partial charge in [0.2, 0.25) is 0 Å². The molecule has 0 aliphatic heterocycles. The summed E-state index contributed by atoms with van der Waals surface area (Å²) in [6, 6.07) is 8.29. The van der Waals surface area contributed by atoms with E-state index in [-0.39, 0.29) is 11.4 Å². The van der Waals surface area contributed by atoms with Gasteiger partial charge in [-0.3, -0.25) is 4.57 Å². The lowest BCUT2D eigenvalue weighted by Gasteiger charge is -2.26. The third kappa shape index (κ3) is 3.67. The fourth-order valence-corrected chi connectivity index (χ4v) is 4.24. The van der Waals surface area contributed by atoms with Gasteiger partial charge in [0.25, 0.3) is 0 Å². The Morgan fingerprint density at radius 3 is 2.91 bits per heavy atom. The number of hydrogen-bond donors (Lipinski definition) is 1. The van der Waals surface area contributed by atoms with Crippen LogP contribution in [0.15, 0.2) is 42.1 Å². The van der Waals surface area contributed by atoms with Gasteiger partial charge >= 0.3 is 0 Å². The molecule has 1 aromatic heterocycles. The lowest BCUT2D eigenvalue weighted by molar-refractivity contribution is 0.137. The van der Waals surface area contributed by atoms with Crippen LogP contribution in [-0.2, 0) is 6.54 Å². The molecule has 2 atom stereocenters. The van der Waals surface area contributed by atoms with Gasteiger partial charge in [0.05, 0.1) is 6.10 Å². The highest BCUT2D eigenvalue weighted by atomic mass is 32.2. The molecule has 0 bridgehead atoms. The summed E-state index contributed by atoms with van der Waals surface area (Å²) in [4.78, 5) is 0. The summed E-state index contributed by atoms with van der Waals surface area (Å²) in [5.74, 6) is 0.862. The second-order valence-electron chi connectivity index (χ2n) is 6.08. The minimum atomic E-state index is -0.245. The summed E-state index contributed by atoms with van der Waals surface area (Å²) < 4.78 is 2.09. The van der Waals surface area contributed by atoms with Crippen molar-refractivity contribution in [3.63, 3.8) is 0 Å². The Morgan fingerprint density at radius 1 is 1.35 bits per heavy atom. The lowest BCUT2D eigenvalue weighted by atomic mass is 9.97. The van der Waals surface area contributed by atoms with Crippen molar-refractivity contribution >= 4 is 11.8 Å². The van der Waals surface area contributed by atoms with Crippen LogP contribution in [0.5, 0.6) is 0 Å². The molecule has 2 unspecified atom stereocenters. The molecule has 0 spiro atoms. The highest BCUT2D eigenvalue weighted by molar-refractivity contribution is 7.99. The van der Waals surface area contributed by atoms with Crippen LogP contribution in [0, 0.1) is 6.92 Å². The van der Waals surface area contributed by atoms with E-state index in [1.54, 1.807) is 11.8 Å². The molecule has 5 heteroatoms. The van der Waals surface area contributed by atoms with Crippen molar-refractivity contribution in [3.05, 3.63) is 42.5 Å². The Morgan fingerprint density at radius 2 is 2.17 bits per heavy atom. The number of aliphatic hydroxyl groups excluding tert-OH is 1. The fraction of sp³-hybridized carbons (Fsp3) is 0.444. The fourth-order valence-electron chi connectivity index (χ4n) is 3.02. The summed E-state index contributed by atoms with van der Waals surface area (Å²) in [6.07, 6.45) is 5.83. The Bertz CT molecular complexity index is 683. The van der Waals surface area contributed by atoms with Crippen molar-refractivity contribution in [2.75, 3.05) is 0 Å². The van der Waals surface area contributed by atoms with Crippen LogP contribution in [0.4, 0.5) is 0 Å². The number of allylic oxidation sites excluding steroid dienone is 1. The topological polar surface area (TPSA) is 50.9 Å². The van der Waals surface area contributed by atoms with E-state index >= 15 is 0 Å². The highest BCUT2D eigenvalue weighted by Crippen LogP contribution is 2.34. The van der Waals surface area contributed by atoms with Gasteiger partial charge in [0.1, 0.15) is 0 Å². The molecule has 1 aromatic carbocycles. The molecule has 0 saturated heterocycles. The lowest BCUT2D eigenvalue weighted by Crippen LogP contribution is -2.27. The maximum absolute atomic E-state index is 10.2. The molecule has 1 heterocycles. The van der Waals surface area contributed by atoms with E-state index in [2.05, 4.69) is 46.5 Å². The van der Waals surface area contributed by atoms with Crippen LogP contribution in [0.25, 0.3) is 11.4 Å². The average Bonchev–Trinajstić information content (AvgIpc) is 2.93. The minimum absolute atomic E-state index is 0.210. The monoisotopic (exact) mass is 329 g/mol. The van der Waals surface area contributed by atoms with Gasteiger partial charge < -0.3 is 5.11 Å². The van der Waals surface area contributed by atoms with E-state index in [0.29, 0.717) is 6.54 Å². The standard InChI is InChI=1S/C18H23N3OS/c1-3-11-21-17(14-8-6-7-13(2)12-14)19-20-18(21)23-16-10-5-4-9-15(16)22/h3,6-8,12,15-16,22H,1,4-5,9-11H2,2H3. The van der Waals surface area contributed by atoms with E-state index in [4.69, 9.17) is 0 Å². The summed E-state index contributed by atoms with van der Waals surface area (Å²) in [7, 11) is 0. The molecule has 122 valence electrons. The van der Waals surface area contributed by atoms with Gasteiger partial charge in [0, 0.05) is 17.4 Å². The Balaban J connectivity index is 1.90. The van der Waals surface area contributed by atoms with Crippen LogP contribution in [0.2, 0.25) is 0 Å². The third-order valence-electron chi connectivity index (χ3n) is 4.23. The summed E-state index contributed by atoms with van der Waals surface area (Å²) in [5, 5.41) is 20.1. The normalized spacial score (nSPS) is 21.3. The quantitative estimate of drug-likeness (QED) is 0.847. The number of benzene rings is 1. The number of aliphatic hydroxyl groups is 1. The van der Waals surface area contributed by atoms with Crippen molar-refractivity contribution in [1.29, 1.82) is 0 Å². The first-order valence-electron chi connectivity index (χ1n) is 8.15. The first-order valence-corrected chi connectivity index (χ1v) is 9.03. The van der Waals surface area contributed by atoms with Crippen LogP contribution in [0.3, 0.4) is 0 Å². The molecule has 1 fully saturated rings. The second kappa shape index (κ2) is 7.32. The molecule has 23 heavy (non-hydrogen) atoms. The van der Waals surface area contributed by atoms with Crippen molar-refractivity contribution in [3.8, 4) is 11.4 Å². The molecule has 4 nitrogen and oxygen atoms in total. The maximum atomic E-state index is 10.2. The largest absolute Gasteiger partial charge is 0.392 e. The SMILES string of the molecule is C=CCn1c(SC2CCCCC2O)nnc1-c1cccc(C)c1. The number of aromatic nitrogens is 3. The number of rotatable bonds is 5. The van der Waals surface area contributed by atoms with Crippen molar-refractivity contribution < 1.29 is 5.11 Å². The van der Waals surface area contributed by atoms with Gasteiger partial charge in [-0.15, -0.1) is 16.8 Å². The summed E-state index contributed by atoms with van der Waals surface area (Å²) in [5.41, 5.74) is 2.27. The van der Waals surface area contributed by atoms with E-state index in [1.807, 2.05) is 12.1 Å². The molecule has 3 rings (SSSR count). The predicted molar refractivity (Wildman–Crippen MR) is 94.5 cm³/mol. The Kier molecular flexibility index (Phi) is 5.18. The van der Waals surface area contributed by atoms with E-state index < -0.39 is 0 Å². The van der Waals surface area contributed by atoms with Crippen LogP contribution < -0.4 is 0 Å². The second-order valence-corrected chi connectivity index (χ2v) is 7.29. The first kappa shape index (κ1) is 16.3. The number of aryl methyl sites for hydroxylation is 1. The number of thioether (sulfide) groups is 1. The van der Waals surface area contributed by atoms with Crippen molar-refractivity contribution in [2.45, 2.75) is 55.7 Å². The van der Waals surface area contributed by atoms with Gasteiger partial charge in [-0.05, 0) is 25.8 Å². The smallest absolute Gasteiger partial charge is 0.192 e. The third-order valence-corrected chi connectivity index (χ3v) is 5.59. The van der Waals surface area contributed by atoms with Gasteiger partial charge in [-0.25, -0.2) is 0 Å². The van der Waals surface area contributed by atoms with Crippen molar-refractivity contribution in [1.82, 2.24) is 14.8 Å². The zero-order chi connectivity index (χ0) is 16.2. The Labute approximate surface area is 141 Å². The highest BCUT2D eigenvalue weighted by Gasteiger charge is 2.26. The molecule has 2 aromatic rings. The molecular weight excluding hydrogens is 306 g/mol. The van der Waals surface area contributed by atoms with Crippen LogP contribution in [0.1, 0.15) is 31.2 Å². The van der Waals surface area contributed by atoms with Gasteiger partial charge in [-0.1, -0.05) is 54.4 Å². The molecular formula is C18H23N3OS.